The summed E-state index contributed by atoms with van der Waals surface area (Å²) in [5, 5.41) is 32.8. The summed E-state index contributed by atoms with van der Waals surface area (Å²) in [6.45, 7) is 7.94. The second-order valence-electron chi connectivity index (χ2n) is 18.0. The lowest BCUT2D eigenvalue weighted by molar-refractivity contribution is -0.173. The summed E-state index contributed by atoms with van der Waals surface area (Å²) < 4.78 is 0. The lowest BCUT2D eigenvalue weighted by atomic mass is 9.64. The Morgan fingerprint density at radius 2 is 0.828 bits per heavy atom. The van der Waals surface area contributed by atoms with E-state index < -0.39 is 40.5 Å². The van der Waals surface area contributed by atoms with Crippen LogP contribution in [0.4, 0.5) is 0 Å². The van der Waals surface area contributed by atoms with E-state index >= 15 is 4.79 Å². The number of carbonyl (C=O) groups excluding carboxylic acids is 2. The van der Waals surface area contributed by atoms with Crippen molar-refractivity contribution in [2.24, 2.45) is 11.1 Å². The Bertz CT molecular complexity index is 2770. The third-order valence-electron chi connectivity index (χ3n) is 13.7. The molecular formula is C58H54N2O4. The van der Waals surface area contributed by atoms with E-state index in [4.69, 9.17) is 5.73 Å². The number of aliphatic hydroxyl groups is 2. The van der Waals surface area contributed by atoms with Gasteiger partial charge in [-0.15, -0.1) is 0 Å². The van der Waals surface area contributed by atoms with Crippen molar-refractivity contribution in [2.45, 2.75) is 70.2 Å². The van der Waals surface area contributed by atoms with Crippen molar-refractivity contribution in [3.8, 4) is 0 Å². The fourth-order valence-corrected chi connectivity index (χ4v) is 10.4. The average molecular weight is 843 g/mol. The standard InChI is InChI=1S/C58H54N2O4/c1-38-16-9-24-44(34-38)57(63,45-25-10-17-39(2)35-45)52(50-30-13-22-42-20-5-7-28-48(42)50)60(55(62)56(54(59)61)32-15-33-56)53(51-31-14-23-43-21-6-8-29-49(43)51)58(64,46-26-11-18-40(3)36-46)47-27-12-19-41(4)37-47/h5-14,16-31,34-37,52-53,63-64H,15,32-33H2,1-4H3,(H2,59,61)/t52-,53-/m0/s1. The highest BCUT2D eigenvalue weighted by Gasteiger charge is 2.61. The average Bonchev–Trinajstić information content (AvgIpc) is 3.28. The highest BCUT2D eigenvalue weighted by Crippen LogP contribution is 2.58. The maximum Gasteiger partial charge on any atom is 0.239 e. The third kappa shape index (κ3) is 7.08. The van der Waals surface area contributed by atoms with Gasteiger partial charge in [0.15, 0.2) is 0 Å². The predicted octanol–water partition coefficient (Wildman–Crippen LogP) is 11.4. The highest BCUT2D eigenvalue weighted by molar-refractivity contribution is 6.06. The molecule has 0 heterocycles. The first kappa shape index (κ1) is 42.4. The number of amides is 2. The quantitative estimate of drug-likeness (QED) is 0.107. The van der Waals surface area contributed by atoms with Crippen LogP contribution in [-0.2, 0) is 20.8 Å². The Morgan fingerprint density at radius 1 is 0.500 bits per heavy atom. The number of benzene rings is 8. The van der Waals surface area contributed by atoms with E-state index in [2.05, 4.69) is 0 Å². The smallest absolute Gasteiger partial charge is 0.239 e. The maximum absolute atomic E-state index is 16.9. The molecule has 0 radical (unpaired) electrons. The molecule has 8 aromatic rings. The molecule has 64 heavy (non-hydrogen) atoms. The van der Waals surface area contributed by atoms with Gasteiger partial charge in [-0.3, -0.25) is 9.59 Å². The van der Waals surface area contributed by atoms with Gasteiger partial charge in [0.1, 0.15) is 16.6 Å². The van der Waals surface area contributed by atoms with Gasteiger partial charge in [0.05, 0.1) is 12.1 Å². The van der Waals surface area contributed by atoms with Crippen molar-refractivity contribution in [3.05, 3.63) is 238 Å². The van der Waals surface area contributed by atoms with Crippen LogP contribution >= 0.6 is 0 Å². The molecule has 1 saturated carbocycles. The lowest BCUT2D eigenvalue weighted by Gasteiger charge is -2.54. The molecule has 0 aliphatic heterocycles. The maximum atomic E-state index is 16.9. The topological polar surface area (TPSA) is 104 Å². The molecule has 0 spiro atoms. The van der Waals surface area contributed by atoms with E-state index in [0.717, 1.165) is 43.8 Å². The molecule has 1 fully saturated rings. The van der Waals surface area contributed by atoms with Crippen LogP contribution in [0.15, 0.2) is 182 Å². The lowest BCUT2D eigenvalue weighted by Crippen LogP contribution is -2.61. The van der Waals surface area contributed by atoms with Gasteiger partial charge in [-0.1, -0.05) is 211 Å². The van der Waals surface area contributed by atoms with Gasteiger partial charge in [-0.05, 0) is 95.5 Å². The summed E-state index contributed by atoms with van der Waals surface area (Å²) in [5.74, 6) is -1.29. The number of hydrogen-bond acceptors (Lipinski definition) is 4. The molecule has 4 N–H and O–H groups in total. The van der Waals surface area contributed by atoms with Crippen LogP contribution in [0.25, 0.3) is 21.5 Å². The van der Waals surface area contributed by atoms with Gasteiger partial charge in [-0.2, -0.15) is 0 Å². The molecule has 0 unspecified atom stereocenters. The fourth-order valence-electron chi connectivity index (χ4n) is 10.4. The Balaban J connectivity index is 1.54. The van der Waals surface area contributed by atoms with Crippen molar-refractivity contribution in [1.82, 2.24) is 4.90 Å². The Labute approximate surface area is 375 Å². The van der Waals surface area contributed by atoms with Crippen LogP contribution in [0.1, 0.15) is 87.0 Å². The molecule has 2 atom stereocenters. The molecule has 0 bridgehead atoms. The molecule has 6 nitrogen and oxygen atoms in total. The van der Waals surface area contributed by atoms with Crippen molar-refractivity contribution in [1.29, 1.82) is 0 Å². The zero-order valence-electron chi connectivity index (χ0n) is 36.8. The van der Waals surface area contributed by atoms with Crippen LogP contribution in [0.3, 0.4) is 0 Å². The summed E-state index contributed by atoms with van der Waals surface area (Å²) in [5.41, 5.74) is 7.89. The second kappa shape index (κ2) is 16.7. The molecule has 320 valence electrons. The number of fused-ring (bicyclic) bond motifs is 2. The first-order valence-corrected chi connectivity index (χ1v) is 22.2. The second-order valence-corrected chi connectivity index (χ2v) is 18.0. The van der Waals surface area contributed by atoms with Gasteiger partial charge in [0.25, 0.3) is 0 Å². The zero-order chi connectivity index (χ0) is 44.8. The van der Waals surface area contributed by atoms with Crippen LogP contribution < -0.4 is 5.73 Å². The number of nitrogens with zero attached hydrogens (tertiary/aromatic N) is 1. The summed E-state index contributed by atoms with van der Waals surface area (Å²) in [6.07, 6.45) is 1.06. The van der Waals surface area contributed by atoms with E-state index in [9.17, 15) is 15.0 Å². The summed E-state index contributed by atoms with van der Waals surface area (Å²) in [4.78, 5) is 32.8. The fraction of sp³-hybridized carbons (Fsp3) is 0.207. The molecule has 1 aliphatic rings. The van der Waals surface area contributed by atoms with E-state index in [1.807, 2.05) is 210 Å². The van der Waals surface area contributed by atoms with Gasteiger partial charge in [0.2, 0.25) is 11.8 Å². The largest absolute Gasteiger partial charge is 0.378 e. The number of hydrogen-bond donors (Lipinski definition) is 3. The molecule has 1 aliphatic carbocycles. The van der Waals surface area contributed by atoms with E-state index in [-0.39, 0.29) is 12.8 Å². The van der Waals surface area contributed by atoms with Crippen LogP contribution in [0, 0.1) is 33.1 Å². The third-order valence-corrected chi connectivity index (χ3v) is 13.7. The van der Waals surface area contributed by atoms with Crippen LogP contribution in [0.5, 0.6) is 0 Å². The van der Waals surface area contributed by atoms with Crippen LogP contribution in [-0.4, -0.2) is 26.9 Å². The van der Waals surface area contributed by atoms with Crippen molar-refractivity contribution < 1.29 is 19.8 Å². The van der Waals surface area contributed by atoms with Crippen molar-refractivity contribution in [2.75, 3.05) is 0 Å². The molecule has 0 saturated heterocycles. The number of primary amides is 1. The molecule has 8 aromatic carbocycles. The van der Waals surface area contributed by atoms with E-state index in [1.54, 1.807) is 4.90 Å². The van der Waals surface area contributed by atoms with Crippen molar-refractivity contribution >= 4 is 33.4 Å². The molecule has 2 amide bonds. The highest BCUT2D eigenvalue weighted by atomic mass is 16.3. The number of aryl methyl sites for hydroxylation is 4. The molecule has 6 heteroatoms. The minimum Gasteiger partial charge on any atom is -0.378 e. The summed E-state index contributed by atoms with van der Waals surface area (Å²) in [6, 6.07) is 56.4. The van der Waals surface area contributed by atoms with Gasteiger partial charge < -0.3 is 20.8 Å². The number of rotatable bonds is 12. The Hall–Kier alpha value is -6.86. The van der Waals surface area contributed by atoms with Crippen molar-refractivity contribution in [3.63, 3.8) is 0 Å². The van der Waals surface area contributed by atoms with E-state index in [0.29, 0.717) is 39.8 Å². The Kier molecular flexibility index (Phi) is 11.1. The molecule has 0 aromatic heterocycles. The van der Waals surface area contributed by atoms with Gasteiger partial charge >= 0.3 is 0 Å². The molecular weight excluding hydrogens is 789 g/mol. The first-order valence-electron chi connectivity index (χ1n) is 22.2. The van der Waals surface area contributed by atoms with Gasteiger partial charge in [0, 0.05) is 0 Å². The minimum atomic E-state index is -2.01. The monoisotopic (exact) mass is 842 g/mol. The van der Waals surface area contributed by atoms with Crippen LogP contribution in [0.2, 0.25) is 0 Å². The van der Waals surface area contributed by atoms with Gasteiger partial charge in [-0.25, -0.2) is 0 Å². The Morgan fingerprint density at radius 3 is 1.14 bits per heavy atom. The SMILES string of the molecule is Cc1cccc(C(O)(c2cccc(C)c2)[C@H](c2cccc3ccccc23)N(C(=O)C2(C(N)=O)CCC2)[C@@H](c2cccc3ccccc23)C(O)(c2cccc(C)c2)c2cccc(C)c2)c1. The first-order chi connectivity index (χ1) is 30.9. The predicted molar refractivity (Wildman–Crippen MR) is 256 cm³/mol. The minimum absolute atomic E-state index is 0.225. The zero-order valence-corrected chi connectivity index (χ0v) is 36.8. The number of nitrogens with two attached hydrogens (primary N) is 1. The number of carbonyl (C=O) groups is 2. The normalized spacial score (nSPS) is 14.7. The summed E-state index contributed by atoms with van der Waals surface area (Å²) >= 11 is 0. The molecule has 9 rings (SSSR count). The summed E-state index contributed by atoms with van der Waals surface area (Å²) in [7, 11) is 0. The van der Waals surface area contributed by atoms with E-state index in [1.165, 1.54) is 0 Å².